The minimum absolute atomic E-state index is 0.0873. The number of amides is 1. The van der Waals surface area contributed by atoms with Crippen molar-refractivity contribution in [3.63, 3.8) is 0 Å². The average Bonchev–Trinajstić information content (AvgIpc) is 2.90. The van der Waals surface area contributed by atoms with E-state index in [0.29, 0.717) is 30.3 Å². The summed E-state index contributed by atoms with van der Waals surface area (Å²) in [5, 5.41) is 2.92. The Balaban J connectivity index is 2.13. The molecule has 0 bridgehead atoms. The first-order valence-electron chi connectivity index (χ1n) is 5.85. The molecule has 1 saturated heterocycles. The Morgan fingerprint density at radius 1 is 1.39 bits per heavy atom. The predicted molar refractivity (Wildman–Crippen MR) is 66.2 cm³/mol. The minimum Gasteiger partial charge on any atom is -0.497 e. The van der Waals surface area contributed by atoms with E-state index in [1.165, 1.54) is 7.11 Å². The molecule has 1 amide bonds. The first-order chi connectivity index (χ1) is 8.74. The summed E-state index contributed by atoms with van der Waals surface area (Å²) in [7, 11) is 3.11. The summed E-state index contributed by atoms with van der Waals surface area (Å²) in [6, 6.07) is 5.22. The number of rotatable bonds is 4. The van der Waals surface area contributed by atoms with Crippen LogP contribution in [0.4, 0.5) is 0 Å². The lowest BCUT2D eigenvalue weighted by Gasteiger charge is -2.13. The standard InChI is InChI=1S/C13H17NO4/c1-16-10-3-4-11(12(7-10)17-2)13(15)14-9-5-6-18-8-9/h3-4,7,9H,5-6,8H2,1-2H3,(H,14,15)/t9-/m0/s1. The molecule has 18 heavy (non-hydrogen) atoms. The summed E-state index contributed by atoms with van der Waals surface area (Å²) in [6.45, 7) is 1.27. The number of nitrogens with one attached hydrogen (secondary N) is 1. The fraction of sp³-hybridized carbons (Fsp3) is 0.462. The second kappa shape index (κ2) is 5.73. The van der Waals surface area contributed by atoms with Crippen LogP contribution in [0.5, 0.6) is 11.5 Å². The highest BCUT2D eigenvalue weighted by molar-refractivity contribution is 5.97. The summed E-state index contributed by atoms with van der Waals surface area (Å²) >= 11 is 0. The van der Waals surface area contributed by atoms with Crippen molar-refractivity contribution in [2.45, 2.75) is 12.5 Å². The molecule has 0 unspecified atom stereocenters. The second-order valence-corrected chi connectivity index (χ2v) is 4.10. The summed E-state index contributed by atoms with van der Waals surface area (Å²) in [6.07, 6.45) is 0.851. The van der Waals surface area contributed by atoms with Crippen molar-refractivity contribution in [1.29, 1.82) is 0 Å². The molecule has 0 saturated carbocycles. The van der Waals surface area contributed by atoms with Crippen LogP contribution >= 0.6 is 0 Å². The van der Waals surface area contributed by atoms with Gasteiger partial charge in [0.25, 0.3) is 5.91 Å². The number of carbonyl (C=O) groups excluding carboxylic acids is 1. The van der Waals surface area contributed by atoms with Crippen LogP contribution in [-0.2, 0) is 4.74 Å². The van der Waals surface area contributed by atoms with Gasteiger partial charge in [-0.2, -0.15) is 0 Å². The number of hydrogen-bond acceptors (Lipinski definition) is 4. The van der Waals surface area contributed by atoms with Crippen molar-refractivity contribution in [1.82, 2.24) is 5.32 Å². The van der Waals surface area contributed by atoms with E-state index in [1.807, 2.05) is 0 Å². The van der Waals surface area contributed by atoms with Crippen molar-refractivity contribution >= 4 is 5.91 Å². The van der Waals surface area contributed by atoms with E-state index in [1.54, 1.807) is 25.3 Å². The number of carbonyl (C=O) groups is 1. The lowest BCUT2D eigenvalue weighted by Crippen LogP contribution is -2.35. The topological polar surface area (TPSA) is 56.8 Å². The third-order valence-corrected chi connectivity index (χ3v) is 2.92. The van der Waals surface area contributed by atoms with Gasteiger partial charge in [0.2, 0.25) is 0 Å². The molecule has 5 nitrogen and oxygen atoms in total. The third-order valence-electron chi connectivity index (χ3n) is 2.92. The molecular weight excluding hydrogens is 234 g/mol. The van der Waals surface area contributed by atoms with Gasteiger partial charge < -0.3 is 19.5 Å². The van der Waals surface area contributed by atoms with Gasteiger partial charge in [0, 0.05) is 12.7 Å². The highest BCUT2D eigenvalue weighted by Crippen LogP contribution is 2.24. The Morgan fingerprint density at radius 2 is 2.22 bits per heavy atom. The van der Waals surface area contributed by atoms with Crippen LogP contribution in [0, 0.1) is 0 Å². The number of ether oxygens (including phenoxy) is 3. The largest absolute Gasteiger partial charge is 0.497 e. The number of hydrogen-bond donors (Lipinski definition) is 1. The van der Waals surface area contributed by atoms with Gasteiger partial charge in [0.15, 0.2) is 0 Å². The van der Waals surface area contributed by atoms with E-state index in [2.05, 4.69) is 5.32 Å². The lowest BCUT2D eigenvalue weighted by atomic mass is 10.1. The maximum absolute atomic E-state index is 12.1. The van der Waals surface area contributed by atoms with E-state index >= 15 is 0 Å². The average molecular weight is 251 g/mol. The molecule has 1 aliphatic heterocycles. The Hall–Kier alpha value is -1.75. The quantitative estimate of drug-likeness (QED) is 0.874. The normalized spacial score (nSPS) is 18.4. The zero-order valence-corrected chi connectivity index (χ0v) is 10.6. The van der Waals surface area contributed by atoms with E-state index in [0.717, 1.165) is 6.42 Å². The molecule has 0 aromatic heterocycles. The van der Waals surface area contributed by atoms with Crippen LogP contribution in [0.25, 0.3) is 0 Å². The van der Waals surface area contributed by atoms with E-state index < -0.39 is 0 Å². The molecule has 2 rings (SSSR count). The molecular formula is C13H17NO4. The third kappa shape index (κ3) is 2.73. The van der Waals surface area contributed by atoms with Crippen LogP contribution in [0.2, 0.25) is 0 Å². The summed E-state index contributed by atoms with van der Waals surface area (Å²) in [4.78, 5) is 12.1. The Kier molecular flexibility index (Phi) is 4.04. The number of methoxy groups -OCH3 is 2. The van der Waals surface area contributed by atoms with Gasteiger partial charge in [0.05, 0.1) is 32.4 Å². The number of benzene rings is 1. The molecule has 1 heterocycles. The van der Waals surface area contributed by atoms with Crippen LogP contribution in [-0.4, -0.2) is 39.4 Å². The Labute approximate surface area is 106 Å². The van der Waals surface area contributed by atoms with E-state index in [9.17, 15) is 4.79 Å². The molecule has 1 aliphatic rings. The molecule has 1 N–H and O–H groups in total. The van der Waals surface area contributed by atoms with Crippen molar-refractivity contribution in [3.8, 4) is 11.5 Å². The van der Waals surface area contributed by atoms with E-state index in [-0.39, 0.29) is 11.9 Å². The van der Waals surface area contributed by atoms with Crippen molar-refractivity contribution in [3.05, 3.63) is 23.8 Å². The predicted octanol–water partition coefficient (Wildman–Crippen LogP) is 1.22. The molecule has 1 aromatic rings. The van der Waals surface area contributed by atoms with Gasteiger partial charge in [-0.1, -0.05) is 0 Å². The molecule has 0 aliphatic carbocycles. The molecule has 1 fully saturated rings. The van der Waals surface area contributed by atoms with Gasteiger partial charge in [0.1, 0.15) is 11.5 Å². The maximum Gasteiger partial charge on any atom is 0.255 e. The van der Waals surface area contributed by atoms with Gasteiger partial charge >= 0.3 is 0 Å². The monoisotopic (exact) mass is 251 g/mol. The Bertz CT molecular complexity index is 427. The zero-order chi connectivity index (χ0) is 13.0. The highest BCUT2D eigenvalue weighted by Gasteiger charge is 2.20. The molecule has 0 spiro atoms. The first-order valence-corrected chi connectivity index (χ1v) is 5.85. The van der Waals surface area contributed by atoms with Crippen LogP contribution in [0.1, 0.15) is 16.8 Å². The van der Waals surface area contributed by atoms with E-state index in [4.69, 9.17) is 14.2 Å². The second-order valence-electron chi connectivity index (χ2n) is 4.10. The van der Waals surface area contributed by atoms with Gasteiger partial charge in [-0.3, -0.25) is 4.79 Å². The van der Waals surface area contributed by atoms with Crippen molar-refractivity contribution in [2.24, 2.45) is 0 Å². The summed E-state index contributed by atoms with van der Waals surface area (Å²) < 4.78 is 15.5. The van der Waals surface area contributed by atoms with Crippen LogP contribution in [0.3, 0.4) is 0 Å². The smallest absolute Gasteiger partial charge is 0.255 e. The molecule has 1 aromatic carbocycles. The SMILES string of the molecule is COc1ccc(C(=O)N[C@H]2CCOC2)c(OC)c1. The molecule has 5 heteroatoms. The zero-order valence-electron chi connectivity index (χ0n) is 10.6. The first kappa shape index (κ1) is 12.7. The molecule has 98 valence electrons. The van der Waals surface area contributed by atoms with Crippen molar-refractivity contribution < 1.29 is 19.0 Å². The van der Waals surface area contributed by atoms with Gasteiger partial charge in [-0.05, 0) is 18.6 Å². The van der Waals surface area contributed by atoms with Gasteiger partial charge in [-0.25, -0.2) is 0 Å². The minimum atomic E-state index is -0.148. The maximum atomic E-state index is 12.1. The molecule has 0 radical (unpaired) electrons. The molecule has 1 atom stereocenters. The highest BCUT2D eigenvalue weighted by atomic mass is 16.5. The Morgan fingerprint density at radius 3 is 2.83 bits per heavy atom. The van der Waals surface area contributed by atoms with Crippen LogP contribution < -0.4 is 14.8 Å². The summed E-state index contributed by atoms with van der Waals surface area (Å²) in [5.41, 5.74) is 0.505. The van der Waals surface area contributed by atoms with Gasteiger partial charge in [-0.15, -0.1) is 0 Å². The fourth-order valence-electron chi connectivity index (χ4n) is 1.90. The lowest BCUT2D eigenvalue weighted by molar-refractivity contribution is 0.0927. The van der Waals surface area contributed by atoms with Crippen LogP contribution in [0.15, 0.2) is 18.2 Å². The van der Waals surface area contributed by atoms with Crippen molar-refractivity contribution in [2.75, 3.05) is 27.4 Å². The summed E-state index contributed by atoms with van der Waals surface area (Å²) in [5.74, 6) is 1.02. The fourth-order valence-corrected chi connectivity index (χ4v) is 1.90.